The molecule has 0 rings (SSSR count). The molecular weight excluding hydrogens is 641 g/mol. The molecule has 0 saturated heterocycles. The van der Waals surface area contributed by atoms with E-state index in [1.807, 2.05) is 0 Å². The standard InChI is InChI=1S/C6H8O7.2Bi.K.7H/c7-3(8)1-6(13,5(11)12)2-4(9)10;;;;;;;;;;/h13H,1-2H2,(H,7,8)(H,9,10)(H,11,12);;;;;;;;;;. The molecule has 0 saturated carbocycles. The second-order valence-electron chi connectivity index (χ2n) is 2.48. The summed E-state index contributed by atoms with van der Waals surface area (Å²) in [7, 11) is 0. The van der Waals surface area contributed by atoms with Crippen LogP contribution in [0, 0.1) is 0 Å². The van der Waals surface area contributed by atoms with Crippen LogP contribution in [0.15, 0.2) is 0 Å². The quantitative estimate of drug-likeness (QED) is 0.221. The van der Waals surface area contributed by atoms with E-state index in [-0.39, 0.29) is 104 Å². The van der Waals surface area contributed by atoms with Crippen molar-refractivity contribution in [3.05, 3.63) is 0 Å². The number of carboxylic acid groups (broad SMARTS) is 3. The first-order valence-electron chi connectivity index (χ1n) is 3.17. The van der Waals surface area contributed by atoms with Crippen molar-refractivity contribution in [3.63, 3.8) is 0 Å². The van der Waals surface area contributed by atoms with Gasteiger partial charge in [-0.2, -0.15) is 0 Å². The molecule has 92 valence electrons. The van der Waals surface area contributed by atoms with Gasteiger partial charge in [-0.15, -0.1) is 0 Å². The van der Waals surface area contributed by atoms with E-state index in [2.05, 4.69) is 0 Å². The molecule has 0 aromatic rings. The Morgan fingerprint density at radius 3 is 1.25 bits per heavy atom. The van der Waals surface area contributed by atoms with Crippen LogP contribution in [0.1, 0.15) is 12.8 Å². The number of hydrogen-bond donors (Lipinski definition) is 4. The molecule has 0 amide bonds. The zero-order valence-corrected chi connectivity index (χ0v) is 18.8. The van der Waals surface area contributed by atoms with E-state index in [1.165, 1.54) is 0 Å². The molecule has 0 bridgehead atoms. The molecule has 0 aliphatic heterocycles. The summed E-state index contributed by atoms with van der Waals surface area (Å²) in [5.41, 5.74) is -2.74. The van der Waals surface area contributed by atoms with Crippen LogP contribution in [-0.4, -0.2) is 148 Å². The summed E-state index contributed by atoms with van der Waals surface area (Å²) in [6, 6.07) is 0. The summed E-state index contributed by atoms with van der Waals surface area (Å²) >= 11 is 0. The van der Waals surface area contributed by atoms with Crippen molar-refractivity contribution in [2.45, 2.75) is 18.4 Å². The Morgan fingerprint density at radius 1 is 0.875 bits per heavy atom. The molecule has 0 atom stereocenters. The van der Waals surface area contributed by atoms with Crippen molar-refractivity contribution in [1.82, 2.24) is 0 Å². The predicted molar refractivity (Wildman–Crippen MR) is 64.1 cm³/mol. The summed E-state index contributed by atoms with van der Waals surface area (Å²) in [5, 5.41) is 33.8. The number of hydrogen-bond acceptors (Lipinski definition) is 4. The van der Waals surface area contributed by atoms with Crippen LogP contribution >= 0.6 is 0 Å². The van der Waals surface area contributed by atoms with Gasteiger partial charge >= 0.3 is 122 Å². The molecule has 0 spiro atoms. The van der Waals surface area contributed by atoms with E-state index >= 15 is 0 Å². The summed E-state index contributed by atoms with van der Waals surface area (Å²) in [4.78, 5) is 30.5. The summed E-state index contributed by atoms with van der Waals surface area (Å²) in [5.74, 6) is -5.02. The van der Waals surface area contributed by atoms with Gasteiger partial charge in [-0.05, 0) is 0 Å². The van der Waals surface area contributed by atoms with Gasteiger partial charge in [0.25, 0.3) is 0 Å². The van der Waals surface area contributed by atoms with Crippen LogP contribution in [0.25, 0.3) is 0 Å². The van der Waals surface area contributed by atoms with Gasteiger partial charge in [0.15, 0.2) is 5.60 Å². The van der Waals surface area contributed by atoms with E-state index in [0.29, 0.717) is 0 Å². The Kier molecular flexibility index (Phi) is 19.5. The SMILES string of the molecule is O=C(O)CC(O)(CC(=O)O)C(=O)O.[BiH3].[BiH3].[KH]. The molecule has 0 unspecified atom stereocenters. The van der Waals surface area contributed by atoms with Crippen molar-refractivity contribution >= 4 is 122 Å². The fourth-order valence-electron chi connectivity index (χ4n) is 0.714. The number of aliphatic hydroxyl groups is 1. The molecule has 0 fully saturated rings. The molecule has 7 nitrogen and oxygen atoms in total. The van der Waals surface area contributed by atoms with E-state index in [1.54, 1.807) is 0 Å². The van der Waals surface area contributed by atoms with E-state index in [0.717, 1.165) is 0 Å². The average Bonchev–Trinajstić information content (AvgIpc) is 1.82. The molecule has 0 radical (unpaired) electrons. The predicted octanol–water partition coefficient (Wildman–Crippen LogP) is -4.26. The zero-order chi connectivity index (χ0) is 10.6. The van der Waals surface area contributed by atoms with Crippen LogP contribution in [0.4, 0.5) is 0 Å². The monoisotopic (exact) mass is 656 g/mol. The Labute approximate surface area is 172 Å². The summed E-state index contributed by atoms with van der Waals surface area (Å²) < 4.78 is 0. The van der Waals surface area contributed by atoms with Crippen LogP contribution in [-0.2, 0) is 14.4 Å². The molecule has 16 heavy (non-hydrogen) atoms. The fourth-order valence-corrected chi connectivity index (χ4v) is 0.714. The van der Waals surface area contributed by atoms with E-state index in [4.69, 9.17) is 20.4 Å². The van der Waals surface area contributed by atoms with Crippen LogP contribution < -0.4 is 0 Å². The van der Waals surface area contributed by atoms with Gasteiger partial charge in [0.05, 0.1) is 12.8 Å². The van der Waals surface area contributed by atoms with Gasteiger partial charge in [0, 0.05) is 0 Å². The summed E-state index contributed by atoms with van der Waals surface area (Å²) in [6.45, 7) is 0. The van der Waals surface area contributed by atoms with Crippen molar-refractivity contribution in [3.8, 4) is 0 Å². The minimum absolute atomic E-state index is 0. The van der Waals surface area contributed by atoms with Gasteiger partial charge in [-0.1, -0.05) is 0 Å². The van der Waals surface area contributed by atoms with Gasteiger partial charge < -0.3 is 20.4 Å². The van der Waals surface area contributed by atoms with Gasteiger partial charge in [0.1, 0.15) is 0 Å². The van der Waals surface area contributed by atoms with E-state index in [9.17, 15) is 14.4 Å². The molecule has 10 heteroatoms. The first-order chi connectivity index (χ1) is 5.78. The van der Waals surface area contributed by atoms with Crippen LogP contribution in [0.5, 0.6) is 0 Å². The fraction of sp³-hybridized carbons (Fsp3) is 0.500. The molecule has 0 aromatic heterocycles. The molecule has 4 N–H and O–H groups in total. The molecule has 0 heterocycles. The first kappa shape index (κ1) is 26.4. The molecule has 0 aliphatic rings. The van der Waals surface area contributed by atoms with Crippen LogP contribution in [0.3, 0.4) is 0 Å². The zero-order valence-electron chi connectivity index (χ0n) is 7.84. The van der Waals surface area contributed by atoms with Crippen molar-refractivity contribution in [2.75, 3.05) is 0 Å². The Hall–Kier alpha value is 1.77. The molecular formula is C6H15Bi2KO7. The Bertz CT molecular complexity index is 241. The second kappa shape index (κ2) is 11.8. The second-order valence-corrected chi connectivity index (χ2v) is 2.48. The average molecular weight is 656 g/mol. The van der Waals surface area contributed by atoms with E-state index < -0.39 is 36.4 Å². The number of aliphatic carboxylic acids is 3. The van der Waals surface area contributed by atoms with Crippen molar-refractivity contribution < 1.29 is 34.8 Å². The van der Waals surface area contributed by atoms with Crippen molar-refractivity contribution in [1.29, 1.82) is 0 Å². The molecule has 0 aromatic carbocycles. The minimum atomic E-state index is -2.74. The maximum atomic E-state index is 10.3. The third kappa shape index (κ3) is 10.9. The Balaban J connectivity index is -0.000000240. The summed E-state index contributed by atoms with van der Waals surface area (Å²) in [6.07, 6.45) is -2.29. The van der Waals surface area contributed by atoms with Gasteiger partial charge in [0.2, 0.25) is 0 Å². The normalized spacial score (nSPS) is 8.81. The number of rotatable bonds is 5. The van der Waals surface area contributed by atoms with Gasteiger partial charge in [-0.3, -0.25) is 9.59 Å². The maximum absolute atomic E-state index is 10.3. The Morgan fingerprint density at radius 2 is 1.12 bits per heavy atom. The third-order valence-corrected chi connectivity index (χ3v) is 1.29. The van der Waals surface area contributed by atoms with Crippen LogP contribution in [0.2, 0.25) is 0 Å². The topological polar surface area (TPSA) is 132 Å². The first-order valence-corrected chi connectivity index (χ1v) is 3.17. The third-order valence-electron chi connectivity index (χ3n) is 1.29. The van der Waals surface area contributed by atoms with Gasteiger partial charge in [-0.25, -0.2) is 4.79 Å². The number of carbonyl (C=O) groups is 3. The molecule has 0 aliphatic carbocycles. The number of carboxylic acids is 3. The van der Waals surface area contributed by atoms with Crippen molar-refractivity contribution in [2.24, 2.45) is 0 Å².